The van der Waals surface area contributed by atoms with Gasteiger partial charge in [-0.3, -0.25) is 15.2 Å². The van der Waals surface area contributed by atoms with Crippen molar-refractivity contribution < 1.29 is 4.92 Å². The number of nitrogens with zero attached hydrogens (tertiary/aromatic N) is 4. The summed E-state index contributed by atoms with van der Waals surface area (Å²) in [6.07, 6.45) is 0. The second-order valence-electron chi connectivity index (χ2n) is 5.43. The fourth-order valence-corrected chi connectivity index (χ4v) is 2.76. The maximum absolute atomic E-state index is 10.9. The van der Waals surface area contributed by atoms with Crippen LogP contribution < -0.4 is 5.73 Å². The summed E-state index contributed by atoms with van der Waals surface area (Å²) < 4.78 is 0. The zero-order chi connectivity index (χ0) is 17.4. The van der Waals surface area contributed by atoms with Gasteiger partial charge in [0.25, 0.3) is 5.69 Å². The molecule has 0 spiro atoms. The summed E-state index contributed by atoms with van der Waals surface area (Å²) in [6, 6.07) is 15.8. The van der Waals surface area contributed by atoms with Crippen molar-refractivity contribution in [3.8, 4) is 22.4 Å². The molecule has 0 amide bonds. The van der Waals surface area contributed by atoms with Crippen LogP contribution in [-0.4, -0.2) is 25.3 Å². The summed E-state index contributed by atoms with van der Waals surface area (Å²) in [4.78, 5) is 10.5. The van der Waals surface area contributed by atoms with Gasteiger partial charge in [0.05, 0.1) is 10.3 Å². The van der Waals surface area contributed by atoms with Crippen LogP contribution in [0.3, 0.4) is 0 Å². The number of nitrogens with one attached hydrogen (secondary N) is 1. The van der Waals surface area contributed by atoms with Crippen molar-refractivity contribution in [1.29, 1.82) is 0 Å². The van der Waals surface area contributed by atoms with Gasteiger partial charge in [-0.2, -0.15) is 5.10 Å². The molecule has 2 aromatic carbocycles. The molecule has 0 bridgehead atoms. The molecule has 122 valence electrons. The smallest absolute Gasteiger partial charge is 0.269 e. The Balaban J connectivity index is 2.02. The Kier molecular flexibility index (Phi) is 3.35. The monoisotopic (exact) mass is 332 g/mol. The lowest BCUT2D eigenvalue weighted by molar-refractivity contribution is -0.384. The maximum atomic E-state index is 10.9. The highest BCUT2D eigenvalue weighted by Gasteiger charge is 2.19. The van der Waals surface area contributed by atoms with Crippen molar-refractivity contribution in [2.24, 2.45) is 0 Å². The molecule has 4 aromatic rings. The first-order valence-corrected chi connectivity index (χ1v) is 7.45. The maximum Gasteiger partial charge on any atom is 0.269 e. The molecule has 0 aliphatic heterocycles. The van der Waals surface area contributed by atoms with Crippen LogP contribution in [0.2, 0.25) is 0 Å². The van der Waals surface area contributed by atoms with E-state index in [9.17, 15) is 10.1 Å². The molecule has 0 aliphatic carbocycles. The van der Waals surface area contributed by atoms with E-state index >= 15 is 0 Å². The number of aromatic amines is 1. The number of benzene rings is 2. The van der Waals surface area contributed by atoms with Crippen LogP contribution in [0, 0.1) is 10.1 Å². The van der Waals surface area contributed by atoms with E-state index in [0.29, 0.717) is 22.5 Å². The molecule has 0 atom stereocenters. The zero-order valence-corrected chi connectivity index (χ0v) is 12.9. The van der Waals surface area contributed by atoms with Gasteiger partial charge in [-0.25, -0.2) is 0 Å². The Morgan fingerprint density at radius 2 is 1.68 bits per heavy atom. The van der Waals surface area contributed by atoms with Crippen molar-refractivity contribution in [2.45, 2.75) is 0 Å². The van der Waals surface area contributed by atoms with Crippen LogP contribution in [0.25, 0.3) is 33.4 Å². The van der Waals surface area contributed by atoms with Crippen molar-refractivity contribution in [2.75, 3.05) is 5.73 Å². The fraction of sp³-hybridized carbons (Fsp3) is 0. The highest BCUT2D eigenvalue weighted by molar-refractivity contribution is 6.04. The van der Waals surface area contributed by atoms with Gasteiger partial charge in [-0.1, -0.05) is 30.3 Å². The summed E-state index contributed by atoms with van der Waals surface area (Å²) in [7, 11) is 0. The number of non-ortho nitro benzene ring substituents is 1. The number of aromatic nitrogens is 4. The summed E-state index contributed by atoms with van der Waals surface area (Å²) >= 11 is 0. The van der Waals surface area contributed by atoms with Gasteiger partial charge in [-0.05, 0) is 17.7 Å². The van der Waals surface area contributed by atoms with Crippen LogP contribution >= 0.6 is 0 Å². The average molecular weight is 332 g/mol. The minimum Gasteiger partial charge on any atom is -0.383 e. The normalized spacial score (nSPS) is 10.9. The summed E-state index contributed by atoms with van der Waals surface area (Å²) in [5.41, 5.74) is 9.44. The standard InChI is InChI=1S/C17H12N6O2/c18-16-14-13(10-6-8-12(9-7-10)23(24)25)15(11-4-2-1-3-5-11)19-21-17(14)22-20-16/h1-9H,(H3,18,20,21,22). The van der Waals surface area contributed by atoms with Crippen molar-refractivity contribution >= 4 is 22.5 Å². The van der Waals surface area contributed by atoms with Crippen LogP contribution in [0.5, 0.6) is 0 Å². The summed E-state index contributed by atoms with van der Waals surface area (Å²) in [5.74, 6) is 0.371. The van der Waals surface area contributed by atoms with Gasteiger partial charge in [0.2, 0.25) is 5.65 Å². The van der Waals surface area contributed by atoms with Crippen molar-refractivity contribution in [3.63, 3.8) is 0 Å². The number of fused-ring (bicyclic) bond motifs is 1. The van der Waals surface area contributed by atoms with E-state index < -0.39 is 4.92 Å². The van der Waals surface area contributed by atoms with Crippen LogP contribution in [0.1, 0.15) is 0 Å². The Labute approximate surface area is 141 Å². The lowest BCUT2D eigenvalue weighted by Crippen LogP contribution is -1.96. The molecule has 25 heavy (non-hydrogen) atoms. The van der Waals surface area contributed by atoms with Gasteiger partial charge in [0, 0.05) is 23.3 Å². The molecular formula is C17H12N6O2. The molecular weight excluding hydrogens is 320 g/mol. The van der Waals surface area contributed by atoms with Gasteiger partial charge >= 0.3 is 0 Å². The zero-order valence-electron chi connectivity index (χ0n) is 12.9. The fourth-order valence-electron chi connectivity index (χ4n) is 2.76. The minimum atomic E-state index is -0.436. The summed E-state index contributed by atoms with van der Waals surface area (Å²) in [6.45, 7) is 0. The molecule has 4 rings (SSSR count). The second-order valence-corrected chi connectivity index (χ2v) is 5.43. The number of nitrogens with two attached hydrogens (primary N) is 1. The molecule has 0 unspecified atom stereocenters. The molecule has 0 saturated heterocycles. The van der Waals surface area contributed by atoms with E-state index in [1.54, 1.807) is 12.1 Å². The highest BCUT2D eigenvalue weighted by Crippen LogP contribution is 2.37. The Bertz CT molecular complexity index is 1070. The third-order valence-electron chi connectivity index (χ3n) is 3.92. The van der Waals surface area contributed by atoms with Crippen LogP contribution in [-0.2, 0) is 0 Å². The van der Waals surface area contributed by atoms with Gasteiger partial charge in [0.15, 0.2) is 0 Å². The number of nitro benzene ring substituents is 1. The number of nitrogen functional groups attached to an aromatic ring is 1. The topological polar surface area (TPSA) is 124 Å². The number of H-pyrrole nitrogens is 1. The predicted octanol–water partition coefficient (Wildman–Crippen LogP) is 3.18. The number of hydrogen-bond acceptors (Lipinski definition) is 6. The molecule has 2 aromatic heterocycles. The molecule has 0 fully saturated rings. The third kappa shape index (κ3) is 2.45. The molecule has 2 heterocycles. The SMILES string of the molecule is Nc1[nH]nc2nnc(-c3ccccc3)c(-c3ccc([N+](=O)[O-])cc3)c12. The van der Waals surface area contributed by atoms with Gasteiger partial charge < -0.3 is 5.73 Å². The average Bonchev–Trinajstić information content (AvgIpc) is 3.03. The second kappa shape index (κ2) is 5.68. The van der Waals surface area contributed by atoms with E-state index in [4.69, 9.17) is 5.73 Å². The van der Waals surface area contributed by atoms with Gasteiger partial charge in [0.1, 0.15) is 11.5 Å². The van der Waals surface area contributed by atoms with Crippen molar-refractivity contribution in [1.82, 2.24) is 20.4 Å². The van der Waals surface area contributed by atoms with Crippen molar-refractivity contribution in [3.05, 3.63) is 64.7 Å². The van der Waals surface area contributed by atoms with E-state index in [1.807, 2.05) is 30.3 Å². The lowest BCUT2D eigenvalue weighted by Gasteiger charge is -2.10. The highest BCUT2D eigenvalue weighted by atomic mass is 16.6. The minimum absolute atomic E-state index is 0.0171. The van der Waals surface area contributed by atoms with E-state index in [1.165, 1.54) is 12.1 Å². The molecule has 8 nitrogen and oxygen atoms in total. The van der Waals surface area contributed by atoms with E-state index in [2.05, 4.69) is 20.4 Å². The number of nitro groups is 1. The molecule has 0 radical (unpaired) electrons. The predicted molar refractivity (Wildman–Crippen MR) is 93.6 cm³/mol. The van der Waals surface area contributed by atoms with Gasteiger partial charge in [-0.15, -0.1) is 10.2 Å². The quantitative estimate of drug-likeness (QED) is 0.438. The van der Waals surface area contributed by atoms with Crippen LogP contribution in [0.4, 0.5) is 11.5 Å². The van der Waals surface area contributed by atoms with E-state index in [0.717, 1.165) is 16.7 Å². The summed E-state index contributed by atoms with van der Waals surface area (Å²) in [5, 5.41) is 26.7. The Hall–Kier alpha value is -3.81. The first-order chi connectivity index (χ1) is 12.1. The Morgan fingerprint density at radius 3 is 2.36 bits per heavy atom. The molecule has 3 N–H and O–H groups in total. The number of anilines is 1. The number of hydrogen-bond donors (Lipinski definition) is 2. The molecule has 0 aliphatic rings. The number of rotatable bonds is 3. The first kappa shape index (κ1) is 14.8. The van der Waals surface area contributed by atoms with E-state index in [-0.39, 0.29) is 5.69 Å². The third-order valence-corrected chi connectivity index (χ3v) is 3.92. The Morgan fingerprint density at radius 1 is 0.960 bits per heavy atom. The molecule has 0 saturated carbocycles. The largest absolute Gasteiger partial charge is 0.383 e. The van der Waals surface area contributed by atoms with Crippen LogP contribution in [0.15, 0.2) is 54.6 Å². The first-order valence-electron chi connectivity index (χ1n) is 7.45. The lowest BCUT2D eigenvalue weighted by atomic mass is 9.97. The molecule has 8 heteroatoms.